The van der Waals surface area contributed by atoms with E-state index in [1.165, 1.54) is 0 Å². The van der Waals surface area contributed by atoms with Crippen LogP contribution in [-0.4, -0.2) is 19.9 Å². The SMILES string of the molecule is CC(C)C1CCS(=O)(=O)CC1C#N. The first kappa shape index (κ1) is 10.5. The fraction of sp³-hybridized carbons (Fsp3) is 0.889. The lowest BCUT2D eigenvalue weighted by Gasteiger charge is -2.29. The molecule has 0 aromatic heterocycles. The summed E-state index contributed by atoms with van der Waals surface area (Å²) in [5, 5.41) is 8.83. The topological polar surface area (TPSA) is 57.9 Å². The maximum absolute atomic E-state index is 11.2. The van der Waals surface area contributed by atoms with Crippen LogP contribution < -0.4 is 0 Å². The molecule has 1 fully saturated rings. The van der Waals surface area contributed by atoms with Crippen molar-refractivity contribution in [3.05, 3.63) is 0 Å². The molecule has 0 aromatic carbocycles. The largest absolute Gasteiger partial charge is 0.229 e. The first-order chi connectivity index (χ1) is 5.96. The van der Waals surface area contributed by atoms with Crippen molar-refractivity contribution in [2.24, 2.45) is 17.8 Å². The van der Waals surface area contributed by atoms with Gasteiger partial charge in [0, 0.05) is 0 Å². The molecule has 1 rings (SSSR count). The molecule has 4 heteroatoms. The highest BCUT2D eigenvalue weighted by Crippen LogP contribution is 2.30. The molecule has 0 spiro atoms. The van der Waals surface area contributed by atoms with Gasteiger partial charge in [0.2, 0.25) is 0 Å². The Morgan fingerprint density at radius 3 is 2.54 bits per heavy atom. The van der Waals surface area contributed by atoms with Crippen LogP contribution in [0.15, 0.2) is 0 Å². The Morgan fingerprint density at radius 1 is 1.46 bits per heavy atom. The van der Waals surface area contributed by atoms with E-state index in [2.05, 4.69) is 6.07 Å². The summed E-state index contributed by atoms with van der Waals surface area (Å²) < 4.78 is 22.5. The van der Waals surface area contributed by atoms with Crippen LogP contribution in [0.5, 0.6) is 0 Å². The third-order valence-electron chi connectivity index (χ3n) is 2.73. The Morgan fingerprint density at radius 2 is 2.08 bits per heavy atom. The van der Waals surface area contributed by atoms with Gasteiger partial charge in [-0.25, -0.2) is 8.42 Å². The van der Waals surface area contributed by atoms with E-state index in [4.69, 9.17) is 5.26 Å². The second-order valence-electron chi connectivity index (χ2n) is 4.05. The van der Waals surface area contributed by atoms with Gasteiger partial charge in [-0.1, -0.05) is 13.8 Å². The van der Waals surface area contributed by atoms with Crippen LogP contribution in [0.25, 0.3) is 0 Å². The predicted molar refractivity (Wildman–Crippen MR) is 50.7 cm³/mol. The van der Waals surface area contributed by atoms with E-state index in [1.807, 2.05) is 13.8 Å². The Kier molecular flexibility index (Phi) is 2.97. The van der Waals surface area contributed by atoms with Gasteiger partial charge in [-0.05, 0) is 18.3 Å². The monoisotopic (exact) mass is 201 g/mol. The fourth-order valence-electron chi connectivity index (χ4n) is 1.93. The van der Waals surface area contributed by atoms with Gasteiger partial charge in [-0.3, -0.25) is 0 Å². The van der Waals surface area contributed by atoms with Gasteiger partial charge >= 0.3 is 0 Å². The number of hydrogen-bond donors (Lipinski definition) is 0. The summed E-state index contributed by atoms with van der Waals surface area (Å²) in [7, 11) is -2.93. The summed E-state index contributed by atoms with van der Waals surface area (Å²) >= 11 is 0. The lowest BCUT2D eigenvalue weighted by molar-refractivity contribution is 0.299. The average molecular weight is 201 g/mol. The summed E-state index contributed by atoms with van der Waals surface area (Å²) in [6.45, 7) is 4.10. The molecule has 0 aromatic rings. The summed E-state index contributed by atoms with van der Waals surface area (Å²) in [5.41, 5.74) is 0. The van der Waals surface area contributed by atoms with Crippen molar-refractivity contribution in [2.75, 3.05) is 11.5 Å². The van der Waals surface area contributed by atoms with Crippen molar-refractivity contribution in [1.29, 1.82) is 5.26 Å². The van der Waals surface area contributed by atoms with Gasteiger partial charge < -0.3 is 0 Å². The van der Waals surface area contributed by atoms with Crippen molar-refractivity contribution in [1.82, 2.24) is 0 Å². The van der Waals surface area contributed by atoms with Gasteiger partial charge in [0.05, 0.1) is 23.5 Å². The van der Waals surface area contributed by atoms with Crippen LogP contribution in [0.4, 0.5) is 0 Å². The van der Waals surface area contributed by atoms with Crippen molar-refractivity contribution in [3.63, 3.8) is 0 Å². The van der Waals surface area contributed by atoms with Crippen LogP contribution in [-0.2, 0) is 9.84 Å². The Bertz CT molecular complexity index is 313. The second kappa shape index (κ2) is 3.67. The second-order valence-corrected chi connectivity index (χ2v) is 6.28. The zero-order chi connectivity index (χ0) is 10.1. The highest BCUT2D eigenvalue weighted by atomic mass is 32.2. The molecule has 2 atom stereocenters. The van der Waals surface area contributed by atoms with E-state index in [9.17, 15) is 8.42 Å². The van der Waals surface area contributed by atoms with Crippen LogP contribution in [0.1, 0.15) is 20.3 Å². The molecule has 1 aliphatic rings. The standard InChI is InChI=1S/C9H15NO2S/c1-7(2)9-3-4-13(11,12)6-8(9)5-10/h7-9H,3-4,6H2,1-2H3. The first-order valence-corrected chi connectivity index (χ1v) is 6.38. The minimum absolute atomic E-state index is 0.0619. The summed E-state index contributed by atoms with van der Waals surface area (Å²) in [4.78, 5) is 0. The summed E-state index contributed by atoms with van der Waals surface area (Å²) in [5.74, 6) is 0.688. The quantitative estimate of drug-likeness (QED) is 0.641. The highest BCUT2D eigenvalue weighted by molar-refractivity contribution is 7.91. The lowest BCUT2D eigenvalue weighted by Crippen LogP contribution is -2.34. The molecule has 1 saturated heterocycles. The third kappa shape index (κ3) is 2.44. The van der Waals surface area contributed by atoms with E-state index < -0.39 is 9.84 Å². The van der Waals surface area contributed by atoms with E-state index in [1.54, 1.807) is 0 Å². The van der Waals surface area contributed by atoms with E-state index >= 15 is 0 Å². The van der Waals surface area contributed by atoms with Crippen LogP contribution in [0.2, 0.25) is 0 Å². The molecular formula is C9H15NO2S. The Balaban J connectivity index is 2.79. The minimum Gasteiger partial charge on any atom is -0.229 e. The van der Waals surface area contributed by atoms with Crippen LogP contribution in [0.3, 0.4) is 0 Å². The molecular weight excluding hydrogens is 186 g/mol. The molecule has 0 saturated carbocycles. The smallest absolute Gasteiger partial charge is 0.151 e. The predicted octanol–water partition coefficient (Wildman–Crippen LogP) is 1.22. The van der Waals surface area contributed by atoms with Crippen molar-refractivity contribution >= 4 is 9.84 Å². The van der Waals surface area contributed by atoms with Gasteiger partial charge in [0.25, 0.3) is 0 Å². The number of nitrogens with zero attached hydrogens (tertiary/aromatic N) is 1. The van der Waals surface area contributed by atoms with E-state index in [0.29, 0.717) is 12.3 Å². The normalized spacial score (nSPS) is 32.8. The molecule has 74 valence electrons. The number of rotatable bonds is 1. The van der Waals surface area contributed by atoms with Crippen LogP contribution >= 0.6 is 0 Å². The van der Waals surface area contributed by atoms with Gasteiger partial charge in [-0.2, -0.15) is 5.26 Å². The third-order valence-corrected chi connectivity index (χ3v) is 4.46. The highest BCUT2D eigenvalue weighted by Gasteiger charge is 2.34. The zero-order valence-electron chi connectivity index (χ0n) is 8.03. The molecule has 1 aliphatic heterocycles. The van der Waals surface area contributed by atoms with Crippen molar-refractivity contribution in [3.8, 4) is 6.07 Å². The van der Waals surface area contributed by atoms with E-state index in [0.717, 1.165) is 0 Å². The number of hydrogen-bond acceptors (Lipinski definition) is 3. The average Bonchev–Trinajstić information content (AvgIpc) is 2.01. The molecule has 2 unspecified atom stereocenters. The zero-order valence-corrected chi connectivity index (χ0v) is 8.84. The molecule has 13 heavy (non-hydrogen) atoms. The fourth-order valence-corrected chi connectivity index (χ4v) is 3.60. The van der Waals surface area contributed by atoms with E-state index in [-0.39, 0.29) is 23.3 Å². The Hall–Kier alpha value is -0.560. The molecule has 3 nitrogen and oxygen atoms in total. The molecule has 0 N–H and O–H groups in total. The summed E-state index contributed by atoms with van der Waals surface area (Å²) in [6.07, 6.45) is 0.651. The summed E-state index contributed by atoms with van der Waals surface area (Å²) in [6, 6.07) is 2.11. The Labute approximate surface area is 79.7 Å². The van der Waals surface area contributed by atoms with Crippen molar-refractivity contribution < 1.29 is 8.42 Å². The van der Waals surface area contributed by atoms with Crippen LogP contribution in [0, 0.1) is 29.1 Å². The minimum atomic E-state index is -2.93. The van der Waals surface area contributed by atoms with Gasteiger partial charge in [-0.15, -0.1) is 0 Å². The van der Waals surface area contributed by atoms with Crippen molar-refractivity contribution in [2.45, 2.75) is 20.3 Å². The number of nitriles is 1. The lowest BCUT2D eigenvalue weighted by atomic mass is 9.83. The first-order valence-electron chi connectivity index (χ1n) is 4.56. The maximum atomic E-state index is 11.2. The molecule has 0 bridgehead atoms. The molecule has 1 heterocycles. The maximum Gasteiger partial charge on any atom is 0.151 e. The van der Waals surface area contributed by atoms with Gasteiger partial charge in [0.1, 0.15) is 0 Å². The molecule has 0 radical (unpaired) electrons. The molecule has 0 aliphatic carbocycles. The van der Waals surface area contributed by atoms with Gasteiger partial charge in [0.15, 0.2) is 9.84 Å². The number of sulfone groups is 1. The molecule has 0 amide bonds.